The van der Waals surface area contributed by atoms with Gasteiger partial charge in [0.1, 0.15) is 5.82 Å². The first-order valence-electron chi connectivity index (χ1n) is 4.91. The number of rotatable bonds is 3. The predicted octanol–water partition coefficient (Wildman–Crippen LogP) is 2.17. The van der Waals surface area contributed by atoms with E-state index in [1.54, 1.807) is 6.20 Å². The van der Waals surface area contributed by atoms with Gasteiger partial charge in [-0.05, 0) is 31.2 Å². The molecular weight excluding hydrogens is 210 g/mol. The van der Waals surface area contributed by atoms with Crippen LogP contribution < -0.4 is 5.73 Å². The highest BCUT2D eigenvalue weighted by Gasteiger charge is 2.00. The molecule has 0 radical (unpaired) electrons. The fraction of sp³-hybridized carbons (Fsp3) is 0.273. The maximum absolute atomic E-state index is 5.87. The van der Waals surface area contributed by atoms with E-state index >= 15 is 0 Å². The Hall–Kier alpha value is -1.19. The highest BCUT2D eigenvalue weighted by molar-refractivity contribution is 6.31. The highest BCUT2D eigenvalue weighted by Crippen LogP contribution is 2.16. The first-order chi connectivity index (χ1) is 7.29. The lowest BCUT2D eigenvalue weighted by Gasteiger charge is -2.01. The largest absolute Gasteiger partial charge is 0.330 e. The van der Waals surface area contributed by atoms with E-state index in [-0.39, 0.29) is 0 Å². The number of hydrogen-bond donors (Lipinski definition) is 1. The maximum Gasteiger partial charge on any atom is 0.129 e. The van der Waals surface area contributed by atoms with Crippen LogP contribution in [0.4, 0.5) is 0 Å². The van der Waals surface area contributed by atoms with Crippen molar-refractivity contribution in [3.05, 3.63) is 35.2 Å². The highest BCUT2D eigenvalue weighted by atomic mass is 35.5. The third-order valence-corrected chi connectivity index (χ3v) is 2.43. The minimum Gasteiger partial charge on any atom is -0.330 e. The average molecular weight is 222 g/mol. The van der Waals surface area contributed by atoms with Crippen molar-refractivity contribution >= 4 is 22.5 Å². The second-order valence-corrected chi connectivity index (χ2v) is 3.82. The Morgan fingerprint density at radius 3 is 3.00 bits per heavy atom. The summed E-state index contributed by atoms with van der Waals surface area (Å²) in [5, 5.41) is 1.68. The van der Waals surface area contributed by atoms with Crippen molar-refractivity contribution in [1.29, 1.82) is 0 Å². The van der Waals surface area contributed by atoms with E-state index in [0.29, 0.717) is 11.6 Å². The monoisotopic (exact) mass is 221 g/mol. The molecule has 0 aliphatic carbocycles. The van der Waals surface area contributed by atoms with Gasteiger partial charge in [-0.3, -0.25) is 0 Å². The zero-order valence-electron chi connectivity index (χ0n) is 8.28. The van der Waals surface area contributed by atoms with Crippen molar-refractivity contribution in [2.45, 2.75) is 12.8 Å². The number of nitrogens with zero attached hydrogens (tertiary/aromatic N) is 2. The smallest absolute Gasteiger partial charge is 0.129 e. The summed E-state index contributed by atoms with van der Waals surface area (Å²) in [6, 6.07) is 5.61. The minimum absolute atomic E-state index is 0.669. The lowest BCUT2D eigenvalue weighted by atomic mass is 10.2. The van der Waals surface area contributed by atoms with Crippen LogP contribution in [0.5, 0.6) is 0 Å². The van der Waals surface area contributed by atoms with Gasteiger partial charge in [0.2, 0.25) is 0 Å². The van der Waals surface area contributed by atoms with E-state index in [2.05, 4.69) is 9.97 Å². The third-order valence-electron chi connectivity index (χ3n) is 2.20. The molecule has 0 fully saturated rings. The van der Waals surface area contributed by atoms with Gasteiger partial charge in [-0.1, -0.05) is 11.6 Å². The van der Waals surface area contributed by atoms with Crippen molar-refractivity contribution in [1.82, 2.24) is 9.97 Å². The summed E-state index contributed by atoms with van der Waals surface area (Å²) in [5.41, 5.74) is 6.37. The van der Waals surface area contributed by atoms with E-state index in [1.165, 1.54) is 0 Å². The van der Waals surface area contributed by atoms with E-state index < -0.39 is 0 Å². The van der Waals surface area contributed by atoms with Gasteiger partial charge in [0.25, 0.3) is 0 Å². The zero-order valence-corrected chi connectivity index (χ0v) is 9.04. The number of fused-ring (bicyclic) bond motifs is 1. The maximum atomic E-state index is 5.87. The molecule has 3 nitrogen and oxygen atoms in total. The van der Waals surface area contributed by atoms with Crippen LogP contribution >= 0.6 is 11.6 Å². The molecule has 0 spiro atoms. The van der Waals surface area contributed by atoms with E-state index in [4.69, 9.17) is 17.3 Å². The number of benzene rings is 1. The van der Waals surface area contributed by atoms with Gasteiger partial charge < -0.3 is 5.73 Å². The molecule has 1 aromatic heterocycles. The zero-order chi connectivity index (χ0) is 10.7. The van der Waals surface area contributed by atoms with Gasteiger partial charge in [-0.15, -0.1) is 0 Å². The van der Waals surface area contributed by atoms with Gasteiger partial charge in [0.15, 0.2) is 0 Å². The second kappa shape index (κ2) is 4.55. The van der Waals surface area contributed by atoms with Crippen LogP contribution in [0.25, 0.3) is 10.9 Å². The topological polar surface area (TPSA) is 51.8 Å². The number of nitrogens with two attached hydrogens (primary N) is 1. The molecule has 15 heavy (non-hydrogen) atoms. The molecule has 78 valence electrons. The molecule has 0 bridgehead atoms. The normalized spacial score (nSPS) is 10.8. The van der Waals surface area contributed by atoms with Crippen molar-refractivity contribution in [2.24, 2.45) is 5.73 Å². The number of aryl methyl sites for hydroxylation is 1. The molecule has 0 saturated heterocycles. The Balaban J connectivity index is 2.34. The van der Waals surface area contributed by atoms with E-state index in [9.17, 15) is 0 Å². The molecule has 0 unspecified atom stereocenters. The molecule has 0 aliphatic heterocycles. The summed E-state index contributed by atoms with van der Waals surface area (Å²) in [6.45, 7) is 0.669. The SMILES string of the molecule is NCCCc1ncc2cc(Cl)ccc2n1. The van der Waals surface area contributed by atoms with Gasteiger partial charge in [-0.25, -0.2) is 9.97 Å². The molecule has 0 aliphatic rings. The second-order valence-electron chi connectivity index (χ2n) is 3.38. The first-order valence-corrected chi connectivity index (χ1v) is 5.28. The molecule has 2 rings (SSSR count). The summed E-state index contributed by atoms with van der Waals surface area (Å²) >= 11 is 5.87. The molecule has 1 aromatic carbocycles. The van der Waals surface area contributed by atoms with Crippen LogP contribution in [0.2, 0.25) is 5.02 Å². The molecule has 2 N–H and O–H groups in total. The van der Waals surface area contributed by atoms with Gasteiger partial charge in [0.05, 0.1) is 5.52 Å². The van der Waals surface area contributed by atoms with Gasteiger partial charge in [0, 0.05) is 23.0 Å². The Kier molecular flexibility index (Phi) is 3.14. The van der Waals surface area contributed by atoms with Crippen LogP contribution in [0.15, 0.2) is 24.4 Å². The summed E-state index contributed by atoms with van der Waals surface area (Å²) in [5.74, 6) is 0.843. The lowest BCUT2D eigenvalue weighted by Crippen LogP contribution is -2.03. The molecule has 0 saturated carbocycles. The molecule has 4 heteroatoms. The standard InChI is InChI=1S/C11H12ClN3/c12-9-3-4-10-8(6-9)7-14-11(15-10)2-1-5-13/h3-4,6-7H,1-2,5,13H2. The number of aromatic nitrogens is 2. The number of halogens is 1. The Morgan fingerprint density at radius 1 is 1.33 bits per heavy atom. The quantitative estimate of drug-likeness (QED) is 0.865. The Morgan fingerprint density at radius 2 is 2.20 bits per heavy atom. The fourth-order valence-corrected chi connectivity index (χ4v) is 1.60. The average Bonchev–Trinajstić information content (AvgIpc) is 2.26. The molecular formula is C11H12ClN3. The predicted molar refractivity (Wildman–Crippen MR) is 61.9 cm³/mol. The van der Waals surface area contributed by atoms with Crippen molar-refractivity contribution in [3.63, 3.8) is 0 Å². The van der Waals surface area contributed by atoms with E-state index in [1.807, 2.05) is 18.2 Å². The van der Waals surface area contributed by atoms with Gasteiger partial charge in [-0.2, -0.15) is 0 Å². The van der Waals surface area contributed by atoms with Crippen LogP contribution in [-0.2, 0) is 6.42 Å². The number of hydrogen-bond acceptors (Lipinski definition) is 3. The Bertz CT molecular complexity index is 470. The summed E-state index contributed by atoms with van der Waals surface area (Å²) in [6.07, 6.45) is 3.55. The van der Waals surface area contributed by atoms with Crippen molar-refractivity contribution < 1.29 is 0 Å². The van der Waals surface area contributed by atoms with Crippen molar-refractivity contribution in [2.75, 3.05) is 6.54 Å². The third kappa shape index (κ3) is 2.43. The van der Waals surface area contributed by atoms with E-state index in [0.717, 1.165) is 29.6 Å². The summed E-state index contributed by atoms with van der Waals surface area (Å²) in [4.78, 5) is 8.69. The first kappa shape index (κ1) is 10.3. The fourth-order valence-electron chi connectivity index (χ4n) is 1.42. The van der Waals surface area contributed by atoms with Crippen LogP contribution in [0.3, 0.4) is 0 Å². The molecule has 0 amide bonds. The van der Waals surface area contributed by atoms with Gasteiger partial charge >= 0.3 is 0 Å². The molecule has 2 aromatic rings. The Labute approximate surface area is 93.3 Å². The molecule has 0 atom stereocenters. The minimum atomic E-state index is 0.669. The summed E-state index contributed by atoms with van der Waals surface area (Å²) < 4.78 is 0. The lowest BCUT2D eigenvalue weighted by molar-refractivity contribution is 0.786. The van der Waals surface area contributed by atoms with Crippen LogP contribution in [-0.4, -0.2) is 16.5 Å². The van der Waals surface area contributed by atoms with Crippen LogP contribution in [0.1, 0.15) is 12.2 Å². The van der Waals surface area contributed by atoms with Crippen molar-refractivity contribution in [3.8, 4) is 0 Å². The van der Waals surface area contributed by atoms with Crippen LogP contribution in [0, 0.1) is 0 Å². The summed E-state index contributed by atoms with van der Waals surface area (Å²) in [7, 11) is 0. The molecule has 1 heterocycles.